The quantitative estimate of drug-likeness (QED) is 0.239. The molecule has 1 aliphatic carbocycles. The van der Waals surface area contributed by atoms with E-state index in [2.05, 4.69) is 11.7 Å². The molecule has 4 rings (SSSR count). The van der Waals surface area contributed by atoms with Gasteiger partial charge in [0.2, 0.25) is 0 Å². The van der Waals surface area contributed by atoms with Crippen LogP contribution in [0, 0.1) is 23.5 Å². The zero-order valence-corrected chi connectivity index (χ0v) is 21.5. The minimum Gasteiger partial charge on any atom is -0.352 e. The van der Waals surface area contributed by atoms with E-state index in [1.165, 1.54) is 18.2 Å². The molecule has 1 saturated heterocycles. The van der Waals surface area contributed by atoms with Gasteiger partial charge in [-0.15, -0.1) is 13.2 Å². The molecule has 2 fully saturated rings. The molecule has 2 aromatic rings. The Morgan fingerprint density at radius 3 is 2.00 bits per heavy atom. The van der Waals surface area contributed by atoms with E-state index in [9.17, 15) is 30.7 Å². The standard InChI is InChI=1S/C29H31F7O3/c1-2-3-19-16-37-27(38-17-19)21-9-7-20(8-10-21)22-14-25(30)24(26(31)15-22)13-6-18-4-11-23(12-5-18)28(32,33)39-29(34,35)36/h4-6,11-15,19-21,27H,2-3,7-10,16-17H2,1H3/b13-6+. The molecule has 0 N–H and O–H groups in total. The summed E-state index contributed by atoms with van der Waals surface area (Å²) >= 11 is 0. The van der Waals surface area contributed by atoms with Crippen molar-refractivity contribution in [3.05, 3.63) is 70.3 Å². The summed E-state index contributed by atoms with van der Waals surface area (Å²) < 4.78 is 108. The highest BCUT2D eigenvalue weighted by Crippen LogP contribution is 2.40. The summed E-state index contributed by atoms with van der Waals surface area (Å²) in [7, 11) is 0. The van der Waals surface area contributed by atoms with Crippen molar-refractivity contribution < 1.29 is 44.9 Å². The number of hydrogen-bond donors (Lipinski definition) is 0. The Morgan fingerprint density at radius 1 is 0.872 bits per heavy atom. The topological polar surface area (TPSA) is 27.7 Å². The molecule has 0 atom stereocenters. The molecule has 214 valence electrons. The van der Waals surface area contributed by atoms with Crippen LogP contribution >= 0.6 is 0 Å². The second kappa shape index (κ2) is 12.4. The molecule has 0 unspecified atom stereocenters. The molecule has 0 radical (unpaired) electrons. The summed E-state index contributed by atoms with van der Waals surface area (Å²) in [5.41, 5.74) is -0.468. The Balaban J connectivity index is 1.35. The average molecular weight is 561 g/mol. The molecule has 0 aromatic heterocycles. The van der Waals surface area contributed by atoms with Gasteiger partial charge in [0.25, 0.3) is 0 Å². The molecular weight excluding hydrogens is 529 g/mol. The van der Waals surface area contributed by atoms with Gasteiger partial charge in [0.1, 0.15) is 11.6 Å². The average Bonchev–Trinajstić information content (AvgIpc) is 2.88. The lowest BCUT2D eigenvalue weighted by molar-refractivity contribution is -0.431. The molecular formula is C29H31F7O3. The van der Waals surface area contributed by atoms with E-state index in [1.54, 1.807) is 0 Å². The fraction of sp³-hybridized carbons (Fsp3) is 0.517. The van der Waals surface area contributed by atoms with Gasteiger partial charge in [0.05, 0.1) is 18.8 Å². The van der Waals surface area contributed by atoms with Crippen LogP contribution in [0.5, 0.6) is 0 Å². The summed E-state index contributed by atoms with van der Waals surface area (Å²) in [4.78, 5) is 0. The minimum absolute atomic E-state index is 0.00726. The number of alkyl halides is 5. The van der Waals surface area contributed by atoms with Crippen molar-refractivity contribution in [1.82, 2.24) is 0 Å². The van der Waals surface area contributed by atoms with Gasteiger partial charge in [-0.25, -0.2) is 13.5 Å². The highest BCUT2D eigenvalue weighted by atomic mass is 19.4. The summed E-state index contributed by atoms with van der Waals surface area (Å²) in [5.74, 6) is -0.819. The predicted molar refractivity (Wildman–Crippen MR) is 132 cm³/mol. The van der Waals surface area contributed by atoms with Gasteiger partial charge in [0.15, 0.2) is 6.29 Å². The summed E-state index contributed by atoms with van der Waals surface area (Å²) in [5, 5.41) is 0. The van der Waals surface area contributed by atoms with Crippen molar-refractivity contribution in [2.45, 2.75) is 70.1 Å². The second-order valence-corrected chi connectivity index (χ2v) is 10.2. The third-order valence-corrected chi connectivity index (χ3v) is 7.35. The molecule has 39 heavy (non-hydrogen) atoms. The molecule has 3 nitrogen and oxygen atoms in total. The number of benzene rings is 2. The largest absolute Gasteiger partial charge is 0.527 e. The lowest BCUT2D eigenvalue weighted by Gasteiger charge is -2.37. The third kappa shape index (κ3) is 7.83. The minimum atomic E-state index is -5.51. The van der Waals surface area contributed by atoms with Gasteiger partial charge in [-0.1, -0.05) is 31.6 Å². The lowest BCUT2D eigenvalue weighted by Crippen LogP contribution is -2.38. The van der Waals surface area contributed by atoms with Crippen LogP contribution in [0.1, 0.15) is 73.6 Å². The van der Waals surface area contributed by atoms with Crippen LogP contribution in [0.4, 0.5) is 30.7 Å². The first-order chi connectivity index (χ1) is 18.4. The van der Waals surface area contributed by atoms with E-state index in [4.69, 9.17) is 9.47 Å². The second-order valence-electron chi connectivity index (χ2n) is 10.2. The fourth-order valence-corrected chi connectivity index (χ4v) is 5.30. The van der Waals surface area contributed by atoms with Gasteiger partial charge in [-0.2, -0.15) is 8.78 Å². The monoisotopic (exact) mass is 560 g/mol. The Bertz CT molecular complexity index is 1090. The summed E-state index contributed by atoms with van der Waals surface area (Å²) in [6, 6.07) is 6.34. The molecule has 2 aromatic carbocycles. The Hall–Kier alpha value is -2.43. The van der Waals surface area contributed by atoms with Gasteiger partial charge < -0.3 is 9.47 Å². The van der Waals surface area contributed by atoms with Gasteiger partial charge >= 0.3 is 12.5 Å². The van der Waals surface area contributed by atoms with E-state index in [0.29, 0.717) is 24.7 Å². The lowest BCUT2D eigenvalue weighted by atomic mass is 9.78. The maximum absolute atomic E-state index is 14.9. The van der Waals surface area contributed by atoms with E-state index in [0.717, 1.165) is 68.9 Å². The van der Waals surface area contributed by atoms with E-state index < -0.39 is 29.7 Å². The van der Waals surface area contributed by atoms with Crippen molar-refractivity contribution in [3.63, 3.8) is 0 Å². The molecule has 1 heterocycles. The molecule has 1 saturated carbocycles. The van der Waals surface area contributed by atoms with Crippen molar-refractivity contribution in [1.29, 1.82) is 0 Å². The van der Waals surface area contributed by atoms with E-state index >= 15 is 0 Å². The van der Waals surface area contributed by atoms with Crippen LogP contribution < -0.4 is 0 Å². The number of rotatable bonds is 8. The molecule has 10 heteroatoms. The van der Waals surface area contributed by atoms with Gasteiger partial charge in [0, 0.05) is 17.4 Å². The molecule has 0 bridgehead atoms. The maximum Gasteiger partial charge on any atom is 0.527 e. The predicted octanol–water partition coefficient (Wildman–Crippen LogP) is 8.78. The molecule has 1 aliphatic heterocycles. The third-order valence-electron chi connectivity index (χ3n) is 7.35. The highest BCUT2D eigenvalue weighted by Gasteiger charge is 2.46. The summed E-state index contributed by atoms with van der Waals surface area (Å²) in [6.07, 6.45) is -2.50. The SMILES string of the molecule is CCCC1COC(C2CCC(c3cc(F)c(/C=C/c4ccc(C(F)(F)OC(F)(F)F)cc4)c(F)c3)CC2)OC1. The number of halogens is 7. The first-order valence-corrected chi connectivity index (χ1v) is 13.1. The normalized spacial score (nSPS) is 24.8. The first kappa shape index (κ1) is 29.6. The number of ether oxygens (including phenoxy) is 3. The maximum atomic E-state index is 14.9. The van der Waals surface area contributed by atoms with Gasteiger partial charge in [-0.3, -0.25) is 0 Å². The molecule has 2 aliphatic rings. The Labute approximate surface area is 222 Å². The van der Waals surface area contributed by atoms with E-state index in [-0.39, 0.29) is 29.3 Å². The van der Waals surface area contributed by atoms with Crippen LogP contribution in [0.3, 0.4) is 0 Å². The molecule has 0 amide bonds. The van der Waals surface area contributed by atoms with Crippen molar-refractivity contribution in [3.8, 4) is 0 Å². The first-order valence-electron chi connectivity index (χ1n) is 13.1. The van der Waals surface area contributed by atoms with Crippen LogP contribution in [-0.2, 0) is 20.3 Å². The fourth-order valence-electron chi connectivity index (χ4n) is 5.30. The Kier molecular flexibility index (Phi) is 9.39. The zero-order chi connectivity index (χ0) is 28.2. The van der Waals surface area contributed by atoms with Crippen LogP contribution in [0.15, 0.2) is 36.4 Å². The number of hydrogen-bond acceptors (Lipinski definition) is 3. The van der Waals surface area contributed by atoms with Crippen LogP contribution in [-0.4, -0.2) is 25.9 Å². The van der Waals surface area contributed by atoms with E-state index in [1.807, 2.05) is 0 Å². The zero-order valence-electron chi connectivity index (χ0n) is 21.5. The van der Waals surface area contributed by atoms with Crippen molar-refractivity contribution in [2.24, 2.45) is 11.8 Å². The van der Waals surface area contributed by atoms with Crippen molar-refractivity contribution >= 4 is 12.2 Å². The van der Waals surface area contributed by atoms with Crippen LogP contribution in [0.2, 0.25) is 0 Å². The van der Waals surface area contributed by atoms with Crippen LogP contribution in [0.25, 0.3) is 12.2 Å². The Morgan fingerprint density at radius 2 is 1.46 bits per heavy atom. The highest BCUT2D eigenvalue weighted by molar-refractivity contribution is 5.70. The molecule has 0 spiro atoms. The van der Waals surface area contributed by atoms with Gasteiger partial charge in [-0.05, 0) is 79.5 Å². The summed E-state index contributed by atoms with van der Waals surface area (Å²) in [6.45, 7) is 3.54. The van der Waals surface area contributed by atoms with Crippen molar-refractivity contribution in [2.75, 3.05) is 13.2 Å². The smallest absolute Gasteiger partial charge is 0.352 e.